The highest BCUT2D eigenvalue weighted by atomic mass is 16.2. The fourth-order valence-electron chi connectivity index (χ4n) is 3.48. The van der Waals surface area contributed by atoms with Crippen LogP contribution in [0.3, 0.4) is 0 Å². The van der Waals surface area contributed by atoms with Gasteiger partial charge in [0, 0.05) is 13.0 Å². The van der Waals surface area contributed by atoms with Crippen LogP contribution in [-0.2, 0) is 11.2 Å². The van der Waals surface area contributed by atoms with Gasteiger partial charge in [0.25, 0.3) is 0 Å². The first-order valence-corrected chi connectivity index (χ1v) is 8.32. The number of carbonyl (C=O) groups is 1. The maximum atomic E-state index is 12.1. The van der Waals surface area contributed by atoms with E-state index in [9.17, 15) is 9.59 Å². The van der Waals surface area contributed by atoms with Gasteiger partial charge in [-0.1, -0.05) is 18.9 Å². The molecule has 6 heteroatoms. The molecule has 23 heavy (non-hydrogen) atoms. The molecule has 0 aliphatic heterocycles. The predicted molar refractivity (Wildman–Crippen MR) is 90.3 cm³/mol. The van der Waals surface area contributed by atoms with Crippen LogP contribution in [0, 0.1) is 0 Å². The van der Waals surface area contributed by atoms with Crippen LogP contribution in [-0.4, -0.2) is 28.0 Å². The molecule has 1 amide bonds. The molecule has 1 heterocycles. The first-order chi connectivity index (χ1) is 11.1. The molecule has 0 spiro atoms. The number of aryl methyl sites for hydroxylation is 1. The van der Waals surface area contributed by atoms with Gasteiger partial charge in [0.15, 0.2) is 0 Å². The van der Waals surface area contributed by atoms with E-state index in [0.29, 0.717) is 13.0 Å². The molecule has 0 saturated heterocycles. The number of imidazole rings is 1. The molecular formula is C17H24N4O2. The third kappa shape index (κ3) is 3.64. The Morgan fingerprint density at radius 1 is 1.22 bits per heavy atom. The topological polar surface area (TPSA) is 104 Å². The maximum absolute atomic E-state index is 12.1. The second-order valence-electron chi connectivity index (χ2n) is 6.55. The maximum Gasteiger partial charge on any atom is 0.323 e. The van der Waals surface area contributed by atoms with E-state index in [1.54, 1.807) is 0 Å². The number of H-pyrrole nitrogens is 2. The summed E-state index contributed by atoms with van der Waals surface area (Å²) in [5.74, 6) is 0.0912. The summed E-state index contributed by atoms with van der Waals surface area (Å²) in [5.41, 5.74) is 8.22. The smallest absolute Gasteiger partial charge is 0.323 e. The summed E-state index contributed by atoms with van der Waals surface area (Å²) in [5, 5.41) is 3.14. The Balaban J connectivity index is 1.51. The molecule has 3 rings (SSSR count). The van der Waals surface area contributed by atoms with Crippen molar-refractivity contribution in [3.8, 4) is 0 Å². The van der Waals surface area contributed by atoms with Crippen LogP contribution < -0.4 is 16.7 Å². The van der Waals surface area contributed by atoms with Crippen LogP contribution in [0.2, 0.25) is 0 Å². The van der Waals surface area contributed by atoms with Gasteiger partial charge in [-0.05, 0) is 43.4 Å². The Hall–Kier alpha value is -2.08. The number of aromatic nitrogens is 2. The van der Waals surface area contributed by atoms with Crippen LogP contribution in [0.15, 0.2) is 23.0 Å². The lowest BCUT2D eigenvalue weighted by Gasteiger charge is -2.28. The number of nitrogens with one attached hydrogen (secondary N) is 3. The molecule has 1 aromatic heterocycles. The molecule has 0 atom stereocenters. The van der Waals surface area contributed by atoms with Gasteiger partial charge in [0.1, 0.15) is 0 Å². The zero-order valence-electron chi connectivity index (χ0n) is 13.3. The standard InChI is InChI=1S/C17H24N4O2/c18-11-17(8-1-2-9-17)21-15(22)5-3-4-12-6-7-13-14(10-12)20-16(23)19-13/h6-7,10H,1-5,8-9,11,18H2,(H,21,22)(H2,19,20,23). The van der Waals surface area contributed by atoms with E-state index >= 15 is 0 Å². The van der Waals surface area contributed by atoms with Gasteiger partial charge in [-0.3, -0.25) is 4.79 Å². The monoisotopic (exact) mass is 316 g/mol. The van der Waals surface area contributed by atoms with Gasteiger partial charge in [0.05, 0.1) is 16.6 Å². The number of nitrogens with two attached hydrogens (primary N) is 1. The fourth-order valence-corrected chi connectivity index (χ4v) is 3.48. The lowest BCUT2D eigenvalue weighted by Crippen LogP contribution is -2.51. The van der Waals surface area contributed by atoms with Crippen molar-refractivity contribution in [3.63, 3.8) is 0 Å². The minimum absolute atomic E-state index is 0.0912. The molecule has 1 aromatic carbocycles. The summed E-state index contributed by atoms with van der Waals surface area (Å²) < 4.78 is 0. The van der Waals surface area contributed by atoms with Gasteiger partial charge < -0.3 is 21.0 Å². The van der Waals surface area contributed by atoms with E-state index in [-0.39, 0.29) is 17.1 Å². The molecule has 1 aliphatic rings. The van der Waals surface area contributed by atoms with Gasteiger partial charge in [0.2, 0.25) is 5.91 Å². The van der Waals surface area contributed by atoms with Crippen molar-refractivity contribution in [1.29, 1.82) is 0 Å². The number of amides is 1. The summed E-state index contributed by atoms with van der Waals surface area (Å²) in [6, 6.07) is 5.84. The Morgan fingerprint density at radius 3 is 2.70 bits per heavy atom. The van der Waals surface area contributed by atoms with Crippen LogP contribution >= 0.6 is 0 Å². The van der Waals surface area contributed by atoms with Crippen molar-refractivity contribution in [2.75, 3.05) is 6.54 Å². The van der Waals surface area contributed by atoms with Crippen molar-refractivity contribution in [3.05, 3.63) is 34.2 Å². The van der Waals surface area contributed by atoms with E-state index in [2.05, 4.69) is 15.3 Å². The number of fused-ring (bicyclic) bond motifs is 1. The molecule has 0 bridgehead atoms. The number of benzene rings is 1. The van der Waals surface area contributed by atoms with Crippen molar-refractivity contribution >= 4 is 16.9 Å². The molecule has 2 aromatic rings. The number of carbonyl (C=O) groups excluding carboxylic acids is 1. The van der Waals surface area contributed by atoms with Gasteiger partial charge >= 0.3 is 5.69 Å². The average Bonchev–Trinajstić information content (AvgIpc) is 3.13. The number of hydrogen-bond acceptors (Lipinski definition) is 3. The third-order valence-electron chi connectivity index (χ3n) is 4.81. The zero-order valence-corrected chi connectivity index (χ0v) is 13.3. The lowest BCUT2D eigenvalue weighted by molar-refractivity contribution is -0.123. The zero-order chi connectivity index (χ0) is 16.3. The molecule has 6 nitrogen and oxygen atoms in total. The van der Waals surface area contributed by atoms with Crippen LogP contribution in [0.25, 0.3) is 11.0 Å². The highest BCUT2D eigenvalue weighted by Gasteiger charge is 2.33. The molecule has 1 saturated carbocycles. The van der Waals surface area contributed by atoms with Crippen LogP contribution in [0.4, 0.5) is 0 Å². The first-order valence-electron chi connectivity index (χ1n) is 8.32. The van der Waals surface area contributed by atoms with Crippen LogP contribution in [0.1, 0.15) is 44.1 Å². The van der Waals surface area contributed by atoms with Crippen molar-refractivity contribution in [2.24, 2.45) is 5.73 Å². The van der Waals surface area contributed by atoms with Gasteiger partial charge in [-0.25, -0.2) is 4.79 Å². The number of aromatic amines is 2. The Morgan fingerprint density at radius 2 is 1.96 bits per heavy atom. The van der Waals surface area contributed by atoms with E-state index in [1.165, 1.54) is 0 Å². The summed E-state index contributed by atoms with van der Waals surface area (Å²) in [6.07, 6.45) is 6.38. The molecule has 124 valence electrons. The molecule has 1 aliphatic carbocycles. The highest BCUT2D eigenvalue weighted by molar-refractivity contribution is 5.77. The van der Waals surface area contributed by atoms with Crippen LogP contribution in [0.5, 0.6) is 0 Å². The number of rotatable bonds is 6. The molecule has 1 fully saturated rings. The Kier molecular flexibility index (Phi) is 4.52. The van der Waals surface area contributed by atoms with Gasteiger partial charge in [-0.15, -0.1) is 0 Å². The van der Waals surface area contributed by atoms with E-state index in [1.807, 2.05) is 18.2 Å². The molecule has 5 N–H and O–H groups in total. The Bertz CT molecular complexity index is 740. The third-order valence-corrected chi connectivity index (χ3v) is 4.81. The van der Waals surface area contributed by atoms with Crippen molar-refractivity contribution < 1.29 is 4.79 Å². The van der Waals surface area contributed by atoms with Crippen molar-refractivity contribution in [1.82, 2.24) is 15.3 Å². The highest BCUT2D eigenvalue weighted by Crippen LogP contribution is 2.28. The van der Waals surface area contributed by atoms with E-state index < -0.39 is 0 Å². The van der Waals surface area contributed by atoms with E-state index in [0.717, 1.165) is 55.1 Å². The minimum atomic E-state index is -0.194. The quantitative estimate of drug-likeness (QED) is 0.650. The van der Waals surface area contributed by atoms with Gasteiger partial charge in [-0.2, -0.15) is 0 Å². The normalized spacial score (nSPS) is 16.7. The number of hydrogen-bond donors (Lipinski definition) is 4. The summed E-state index contributed by atoms with van der Waals surface area (Å²) in [4.78, 5) is 28.9. The van der Waals surface area contributed by atoms with Crippen molar-refractivity contribution in [2.45, 2.75) is 50.5 Å². The lowest BCUT2D eigenvalue weighted by atomic mass is 9.97. The molecule has 0 radical (unpaired) electrons. The largest absolute Gasteiger partial charge is 0.349 e. The summed E-state index contributed by atoms with van der Waals surface area (Å²) >= 11 is 0. The SMILES string of the molecule is NCC1(NC(=O)CCCc2ccc3[nH]c(=O)[nH]c3c2)CCCC1. The second kappa shape index (κ2) is 6.58. The first kappa shape index (κ1) is 15.8. The average molecular weight is 316 g/mol. The molecular weight excluding hydrogens is 292 g/mol. The summed E-state index contributed by atoms with van der Waals surface area (Å²) in [6.45, 7) is 0.524. The fraction of sp³-hybridized carbons (Fsp3) is 0.529. The second-order valence-corrected chi connectivity index (χ2v) is 6.55. The summed E-state index contributed by atoms with van der Waals surface area (Å²) in [7, 11) is 0. The minimum Gasteiger partial charge on any atom is -0.349 e. The molecule has 0 unspecified atom stereocenters. The Labute approximate surface area is 134 Å². The van der Waals surface area contributed by atoms with E-state index in [4.69, 9.17) is 5.73 Å². The predicted octanol–water partition coefficient (Wildman–Crippen LogP) is 1.57.